The van der Waals surface area contributed by atoms with Gasteiger partial charge in [0.05, 0.1) is 13.3 Å². The smallest absolute Gasteiger partial charge is 0.434 e. The van der Waals surface area contributed by atoms with Gasteiger partial charge in [-0.3, -0.25) is 0 Å². The second-order valence-corrected chi connectivity index (χ2v) is 5.98. The molecule has 11 heteroatoms. The highest BCUT2D eigenvalue weighted by Crippen LogP contribution is 2.31. The monoisotopic (exact) mass is 415 g/mol. The Hall–Kier alpha value is -2.88. The Kier molecular flexibility index (Phi) is 5.68. The van der Waals surface area contributed by atoms with Crippen LogP contribution in [0.2, 0.25) is 5.28 Å². The molecule has 1 N–H and O–H groups in total. The fraction of sp³-hybridized carbons (Fsp3) is 0.235. The maximum Gasteiger partial charge on any atom is 0.434 e. The summed E-state index contributed by atoms with van der Waals surface area (Å²) in [5.74, 6) is 0.707. The topological polar surface area (TPSA) is 64.9 Å². The first kappa shape index (κ1) is 19.9. The van der Waals surface area contributed by atoms with E-state index in [-0.39, 0.29) is 11.1 Å². The Labute approximate surface area is 162 Å². The maximum atomic E-state index is 13.1. The van der Waals surface area contributed by atoms with E-state index in [1.165, 1.54) is 13.3 Å². The van der Waals surface area contributed by atoms with Gasteiger partial charge in [-0.15, -0.1) is 0 Å². The molecule has 0 amide bonds. The van der Waals surface area contributed by atoms with Crippen LogP contribution >= 0.6 is 11.6 Å². The molecule has 0 radical (unpaired) electrons. The van der Waals surface area contributed by atoms with Crippen LogP contribution < -0.4 is 10.1 Å². The molecule has 0 atom stereocenters. The van der Waals surface area contributed by atoms with E-state index in [2.05, 4.69) is 20.3 Å². The highest BCUT2D eigenvalue weighted by Gasteiger charge is 2.35. The van der Waals surface area contributed by atoms with Crippen LogP contribution in [0.15, 0.2) is 36.7 Å². The second-order valence-electron chi connectivity index (χ2n) is 5.64. The summed E-state index contributed by atoms with van der Waals surface area (Å²) in [5.41, 5.74) is 0.0214. The SMILES string of the molecule is COc1cnc(Cl)nc1NCc1ccc(-c2nc(C(F)(F)F)cn2CF)cc1. The number of anilines is 1. The number of nitrogens with one attached hydrogen (secondary N) is 1. The van der Waals surface area contributed by atoms with E-state index < -0.39 is 18.7 Å². The third kappa shape index (κ3) is 4.33. The number of hydrogen-bond acceptors (Lipinski definition) is 5. The van der Waals surface area contributed by atoms with Gasteiger partial charge in [0.25, 0.3) is 0 Å². The zero-order chi connectivity index (χ0) is 20.3. The van der Waals surface area contributed by atoms with Crippen molar-refractivity contribution in [2.45, 2.75) is 19.5 Å². The first-order chi connectivity index (χ1) is 13.3. The van der Waals surface area contributed by atoms with Crippen molar-refractivity contribution in [3.63, 3.8) is 0 Å². The van der Waals surface area contributed by atoms with Crippen molar-refractivity contribution in [2.24, 2.45) is 0 Å². The van der Waals surface area contributed by atoms with Crippen molar-refractivity contribution < 1.29 is 22.3 Å². The van der Waals surface area contributed by atoms with Crippen LogP contribution in [0, 0.1) is 0 Å². The number of imidazole rings is 1. The molecule has 0 aliphatic rings. The number of alkyl halides is 4. The molecule has 0 spiro atoms. The molecule has 3 rings (SSSR count). The van der Waals surface area contributed by atoms with Crippen molar-refractivity contribution >= 4 is 17.4 Å². The van der Waals surface area contributed by atoms with Crippen LogP contribution in [0.1, 0.15) is 11.3 Å². The molecule has 0 aliphatic carbocycles. The highest BCUT2D eigenvalue weighted by molar-refractivity contribution is 6.28. The van der Waals surface area contributed by atoms with Gasteiger partial charge in [-0.2, -0.15) is 18.2 Å². The number of hydrogen-bond donors (Lipinski definition) is 1. The third-order valence-corrected chi connectivity index (χ3v) is 4.00. The Morgan fingerprint density at radius 2 is 1.89 bits per heavy atom. The van der Waals surface area contributed by atoms with Gasteiger partial charge < -0.3 is 14.6 Å². The van der Waals surface area contributed by atoms with Gasteiger partial charge in [-0.25, -0.2) is 14.4 Å². The highest BCUT2D eigenvalue weighted by atomic mass is 35.5. The fourth-order valence-corrected chi connectivity index (χ4v) is 2.59. The molecule has 28 heavy (non-hydrogen) atoms. The van der Waals surface area contributed by atoms with Crippen molar-refractivity contribution in [3.8, 4) is 17.1 Å². The summed E-state index contributed by atoms with van der Waals surface area (Å²) >= 11 is 5.77. The van der Waals surface area contributed by atoms with E-state index in [4.69, 9.17) is 16.3 Å². The predicted octanol–water partition coefficient (Wildman–Crippen LogP) is 4.56. The molecule has 0 saturated heterocycles. The zero-order valence-corrected chi connectivity index (χ0v) is 15.2. The largest absolute Gasteiger partial charge is 0.491 e. The third-order valence-electron chi connectivity index (χ3n) is 3.81. The van der Waals surface area contributed by atoms with E-state index in [0.29, 0.717) is 29.9 Å². The summed E-state index contributed by atoms with van der Waals surface area (Å²) in [5, 5.41) is 3.09. The second kappa shape index (κ2) is 8.01. The minimum atomic E-state index is -4.64. The molecule has 0 saturated carbocycles. The lowest BCUT2D eigenvalue weighted by Crippen LogP contribution is -2.05. The van der Waals surface area contributed by atoms with Gasteiger partial charge in [0.15, 0.2) is 24.1 Å². The molecule has 0 aliphatic heterocycles. The van der Waals surface area contributed by atoms with E-state index in [1.807, 2.05) is 0 Å². The Bertz CT molecular complexity index is 959. The van der Waals surface area contributed by atoms with E-state index in [9.17, 15) is 17.6 Å². The molecule has 2 aromatic heterocycles. The first-order valence-corrected chi connectivity index (χ1v) is 8.29. The molecule has 0 unspecified atom stereocenters. The van der Waals surface area contributed by atoms with E-state index in [0.717, 1.165) is 10.1 Å². The Morgan fingerprint density at radius 1 is 1.18 bits per heavy atom. The van der Waals surface area contributed by atoms with Gasteiger partial charge >= 0.3 is 6.18 Å². The van der Waals surface area contributed by atoms with Crippen LogP contribution in [0.5, 0.6) is 5.75 Å². The average Bonchev–Trinajstić information content (AvgIpc) is 3.12. The number of halogens is 5. The Balaban J connectivity index is 1.78. The van der Waals surface area contributed by atoms with Crippen LogP contribution in [0.4, 0.5) is 23.4 Å². The molecule has 3 aromatic rings. The standard InChI is InChI=1S/C17H14ClF4N5O/c1-28-12-7-24-16(18)26-14(12)23-6-10-2-4-11(5-3-10)15-25-13(17(20,21)22)8-27(15)9-19/h2-5,7-8H,6,9H2,1H3,(H,23,24,26). The van der Waals surface area contributed by atoms with Crippen molar-refractivity contribution in [1.29, 1.82) is 0 Å². The lowest BCUT2D eigenvalue weighted by molar-refractivity contribution is -0.140. The fourth-order valence-electron chi connectivity index (χ4n) is 2.46. The van der Waals surface area contributed by atoms with Crippen LogP contribution in [0.25, 0.3) is 11.4 Å². The molecule has 148 valence electrons. The zero-order valence-electron chi connectivity index (χ0n) is 14.5. The van der Waals surface area contributed by atoms with Crippen molar-refractivity contribution in [2.75, 3.05) is 12.4 Å². The predicted molar refractivity (Wildman–Crippen MR) is 94.7 cm³/mol. The van der Waals surface area contributed by atoms with Crippen molar-refractivity contribution in [1.82, 2.24) is 19.5 Å². The number of methoxy groups -OCH3 is 1. The summed E-state index contributed by atoms with van der Waals surface area (Å²) in [6.07, 6.45) is -2.57. The number of benzene rings is 1. The molecule has 2 heterocycles. The summed E-state index contributed by atoms with van der Waals surface area (Å²) in [4.78, 5) is 11.4. The van der Waals surface area contributed by atoms with E-state index in [1.54, 1.807) is 24.3 Å². The first-order valence-electron chi connectivity index (χ1n) is 7.92. The number of rotatable bonds is 6. The van der Waals surface area contributed by atoms with Gasteiger partial charge in [0.2, 0.25) is 5.28 Å². The summed E-state index contributed by atoms with van der Waals surface area (Å²) in [6.45, 7) is -0.772. The molecule has 1 aromatic carbocycles. The lowest BCUT2D eigenvalue weighted by atomic mass is 10.1. The van der Waals surface area contributed by atoms with Crippen LogP contribution in [-0.4, -0.2) is 26.6 Å². The molecule has 0 fully saturated rings. The normalized spacial score (nSPS) is 11.5. The van der Waals surface area contributed by atoms with Crippen LogP contribution in [0.3, 0.4) is 0 Å². The molecule has 6 nitrogen and oxygen atoms in total. The molecular formula is C17H14ClF4N5O. The minimum absolute atomic E-state index is 0.0529. The van der Waals surface area contributed by atoms with Gasteiger partial charge in [0, 0.05) is 18.3 Å². The molecule has 0 bridgehead atoms. The average molecular weight is 416 g/mol. The number of nitrogens with zero attached hydrogens (tertiary/aromatic N) is 4. The van der Waals surface area contributed by atoms with Crippen LogP contribution in [-0.2, 0) is 19.5 Å². The van der Waals surface area contributed by atoms with Crippen molar-refractivity contribution in [3.05, 3.63) is 53.2 Å². The molecular weight excluding hydrogens is 402 g/mol. The van der Waals surface area contributed by atoms with E-state index >= 15 is 0 Å². The van der Waals surface area contributed by atoms with Gasteiger partial charge in [-0.1, -0.05) is 24.3 Å². The lowest BCUT2D eigenvalue weighted by Gasteiger charge is -2.10. The maximum absolute atomic E-state index is 13.1. The number of aromatic nitrogens is 4. The summed E-state index contributed by atoms with van der Waals surface area (Å²) in [7, 11) is 1.47. The summed E-state index contributed by atoms with van der Waals surface area (Å²) in [6, 6.07) is 6.50. The Morgan fingerprint density at radius 3 is 2.50 bits per heavy atom. The number of ether oxygens (including phenoxy) is 1. The van der Waals surface area contributed by atoms with Gasteiger partial charge in [-0.05, 0) is 17.2 Å². The quantitative estimate of drug-likeness (QED) is 0.472. The van der Waals surface area contributed by atoms with Gasteiger partial charge in [0.1, 0.15) is 5.82 Å². The summed E-state index contributed by atoms with van der Waals surface area (Å²) < 4.78 is 57.5. The minimum Gasteiger partial charge on any atom is -0.491 e.